The number of ether oxygens (including phenoxy) is 3. The van der Waals surface area contributed by atoms with Crippen molar-refractivity contribution in [1.29, 1.82) is 0 Å². The molecule has 0 spiro atoms. The second kappa shape index (κ2) is 7.06. The summed E-state index contributed by atoms with van der Waals surface area (Å²) in [5.74, 6) is 1.99. The van der Waals surface area contributed by atoms with Gasteiger partial charge in [-0.15, -0.1) is 0 Å². The molecule has 18 heavy (non-hydrogen) atoms. The van der Waals surface area contributed by atoms with Crippen molar-refractivity contribution in [2.45, 2.75) is 19.3 Å². The van der Waals surface area contributed by atoms with E-state index in [0.717, 1.165) is 24.8 Å². The van der Waals surface area contributed by atoms with Crippen LogP contribution in [0.25, 0.3) is 0 Å². The summed E-state index contributed by atoms with van der Waals surface area (Å²) in [6.45, 7) is 0. The molecule has 100 valence electrons. The topological polar surface area (TPSA) is 53.7 Å². The van der Waals surface area contributed by atoms with Crippen LogP contribution in [0.3, 0.4) is 0 Å². The van der Waals surface area contributed by atoms with Gasteiger partial charge in [0.15, 0.2) is 11.5 Å². The zero-order valence-corrected chi connectivity index (χ0v) is 11.8. The van der Waals surface area contributed by atoms with Crippen LogP contribution in [0.2, 0.25) is 0 Å². The highest BCUT2D eigenvalue weighted by molar-refractivity contribution is 7.80. The molecule has 1 aromatic carbocycles. The smallest absolute Gasteiger partial charge is 0.203 e. The van der Waals surface area contributed by atoms with Gasteiger partial charge in [-0.05, 0) is 30.9 Å². The Morgan fingerprint density at radius 1 is 1.11 bits per heavy atom. The molecule has 0 fully saturated rings. The second-order valence-corrected chi connectivity index (χ2v) is 4.34. The van der Waals surface area contributed by atoms with E-state index in [4.69, 9.17) is 32.2 Å². The highest BCUT2D eigenvalue weighted by Gasteiger charge is 2.15. The van der Waals surface area contributed by atoms with Crippen molar-refractivity contribution in [3.8, 4) is 17.2 Å². The molecule has 0 radical (unpaired) electrons. The Morgan fingerprint density at radius 3 is 2.28 bits per heavy atom. The van der Waals surface area contributed by atoms with Crippen LogP contribution in [0.1, 0.15) is 18.4 Å². The van der Waals surface area contributed by atoms with Gasteiger partial charge in [-0.1, -0.05) is 18.3 Å². The highest BCUT2D eigenvalue weighted by atomic mass is 32.1. The molecule has 0 saturated heterocycles. The molecule has 0 unspecified atom stereocenters. The van der Waals surface area contributed by atoms with Crippen LogP contribution in [0.15, 0.2) is 12.1 Å². The fourth-order valence-corrected chi connectivity index (χ4v) is 1.96. The summed E-state index contributed by atoms with van der Waals surface area (Å²) >= 11 is 4.86. The summed E-state index contributed by atoms with van der Waals surface area (Å²) < 4.78 is 16.0. The normalized spacial score (nSPS) is 9.94. The van der Waals surface area contributed by atoms with Crippen molar-refractivity contribution in [3.63, 3.8) is 0 Å². The first-order valence-electron chi connectivity index (χ1n) is 5.70. The first kappa shape index (κ1) is 14.6. The van der Waals surface area contributed by atoms with Gasteiger partial charge in [0.05, 0.1) is 26.3 Å². The largest absolute Gasteiger partial charge is 0.493 e. The van der Waals surface area contributed by atoms with Gasteiger partial charge in [0.25, 0.3) is 0 Å². The van der Waals surface area contributed by atoms with Crippen LogP contribution in [0, 0.1) is 0 Å². The van der Waals surface area contributed by atoms with Crippen molar-refractivity contribution in [1.82, 2.24) is 0 Å². The monoisotopic (exact) mass is 269 g/mol. The Balaban J connectivity index is 2.94. The van der Waals surface area contributed by atoms with Gasteiger partial charge < -0.3 is 19.9 Å². The average Bonchev–Trinajstić information content (AvgIpc) is 2.37. The fourth-order valence-electron chi connectivity index (χ4n) is 1.81. The third-order valence-electron chi connectivity index (χ3n) is 2.66. The van der Waals surface area contributed by atoms with E-state index in [9.17, 15) is 0 Å². The Kier molecular flexibility index (Phi) is 5.71. The van der Waals surface area contributed by atoms with Crippen molar-refractivity contribution in [2.24, 2.45) is 5.73 Å². The predicted octanol–water partition coefficient (Wildman–Crippen LogP) is 2.32. The lowest BCUT2D eigenvalue weighted by Gasteiger charge is -2.15. The molecule has 0 heterocycles. The molecule has 0 bridgehead atoms. The quantitative estimate of drug-likeness (QED) is 0.770. The average molecular weight is 269 g/mol. The Labute approximate surface area is 113 Å². The summed E-state index contributed by atoms with van der Waals surface area (Å²) in [5, 5.41) is 0. The number of hydrogen-bond donors (Lipinski definition) is 1. The van der Waals surface area contributed by atoms with Gasteiger partial charge in [0.1, 0.15) is 0 Å². The van der Waals surface area contributed by atoms with E-state index in [2.05, 4.69) is 0 Å². The zero-order chi connectivity index (χ0) is 13.5. The fraction of sp³-hybridized carbons (Fsp3) is 0.462. The number of benzene rings is 1. The summed E-state index contributed by atoms with van der Waals surface area (Å²) in [6, 6.07) is 3.84. The number of rotatable bonds is 7. The minimum absolute atomic E-state index is 0.537. The van der Waals surface area contributed by atoms with E-state index >= 15 is 0 Å². The number of thiocarbonyl (C=S) groups is 1. The minimum Gasteiger partial charge on any atom is -0.493 e. The molecular weight excluding hydrogens is 250 g/mol. The lowest BCUT2D eigenvalue weighted by atomic mass is 10.1. The van der Waals surface area contributed by atoms with Crippen LogP contribution in [0.5, 0.6) is 17.2 Å². The number of aryl methyl sites for hydroxylation is 1. The van der Waals surface area contributed by atoms with Gasteiger partial charge in [-0.3, -0.25) is 0 Å². The maximum Gasteiger partial charge on any atom is 0.203 e. The summed E-state index contributed by atoms with van der Waals surface area (Å²) in [6.07, 6.45) is 2.45. The van der Waals surface area contributed by atoms with Crippen molar-refractivity contribution >= 4 is 17.2 Å². The molecule has 1 rings (SSSR count). The van der Waals surface area contributed by atoms with Crippen LogP contribution < -0.4 is 19.9 Å². The molecule has 0 saturated carbocycles. The molecule has 0 atom stereocenters. The predicted molar refractivity (Wildman–Crippen MR) is 75.8 cm³/mol. The van der Waals surface area contributed by atoms with Gasteiger partial charge in [-0.25, -0.2) is 0 Å². The Morgan fingerprint density at radius 2 is 1.78 bits per heavy atom. The maximum atomic E-state index is 5.48. The molecule has 2 N–H and O–H groups in total. The lowest BCUT2D eigenvalue weighted by Crippen LogP contribution is -2.07. The van der Waals surface area contributed by atoms with Gasteiger partial charge >= 0.3 is 0 Å². The highest BCUT2D eigenvalue weighted by Crippen LogP contribution is 2.40. The molecule has 0 aliphatic rings. The van der Waals surface area contributed by atoms with Crippen LogP contribution in [-0.4, -0.2) is 26.3 Å². The van der Waals surface area contributed by atoms with Crippen molar-refractivity contribution in [2.75, 3.05) is 21.3 Å². The van der Waals surface area contributed by atoms with Gasteiger partial charge in [0, 0.05) is 0 Å². The first-order chi connectivity index (χ1) is 8.63. The Bertz CT molecular complexity index is 421. The third-order valence-corrected chi connectivity index (χ3v) is 2.86. The second-order valence-electron chi connectivity index (χ2n) is 3.81. The first-order valence-corrected chi connectivity index (χ1v) is 6.11. The van der Waals surface area contributed by atoms with E-state index in [1.165, 1.54) is 0 Å². The third kappa shape index (κ3) is 3.50. The molecule has 4 nitrogen and oxygen atoms in total. The van der Waals surface area contributed by atoms with E-state index in [1.807, 2.05) is 12.1 Å². The maximum absolute atomic E-state index is 5.48. The van der Waals surface area contributed by atoms with Crippen LogP contribution in [0.4, 0.5) is 0 Å². The molecule has 0 aromatic heterocycles. The van der Waals surface area contributed by atoms with E-state index < -0.39 is 0 Å². The van der Waals surface area contributed by atoms with Crippen LogP contribution >= 0.6 is 12.2 Å². The standard InChI is InChI=1S/C13H19NO3S/c1-15-10-8-7-9(5-4-6-11(14)18)12(16-2)13(10)17-3/h7-8H,4-6H2,1-3H3,(H2,14,18). The molecule has 0 aliphatic carbocycles. The van der Waals surface area contributed by atoms with E-state index in [-0.39, 0.29) is 0 Å². The number of hydrogen-bond acceptors (Lipinski definition) is 4. The number of nitrogens with two attached hydrogens (primary N) is 1. The summed E-state index contributed by atoms with van der Waals surface area (Å²) in [4.78, 5) is 0.537. The molecular formula is C13H19NO3S. The van der Waals surface area contributed by atoms with Gasteiger partial charge in [-0.2, -0.15) is 0 Å². The minimum atomic E-state index is 0.537. The molecule has 0 aliphatic heterocycles. The Hall–Kier alpha value is -1.49. The zero-order valence-electron chi connectivity index (χ0n) is 11.0. The van der Waals surface area contributed by atoms with Crippen molar-refractivity contribution < 1.29 is 14.2 Å². The molecule has 5 heteroatoms. The summed E-state index contributed by atoms with van der Waals surface area (Å²) in [7, 11) is 4.82. The van der Waals surface area contributed by atoms with Gasteiger partial charge in [0.2, 0.25) is 5.75 Å². The van der Waals surface area contributed by atoms with E-state index in [1.54, 1.807) is 21.3 Å². The molecule has 0 amide bonds. The SMILES string of the molecule is COc1ccc(CCCC(N)=S)c(OC)c1OC. The van der Waals surface area contributed by atoms with E-state index in [0.29, 0.717) is 22.2 Å². The van der Waals surface area contributed by atoms with Crippen LogP contribution in [-0.2, 0) is 6.42 Å². The number of methoxy groups -OCH3 is 3. The van der Waals surface area contributed by atoms with Crippen molar-refractivity contribution in [3.05, 3.63) is 17.7 Å². The summed E-state index contributed by atoms with van der Waals surface area (Å²) in [5.41, 5.74) is 6.55. The lowest BCUT2D eigenvalue weighted by molar-refractivity contribution is 0.322. The molecule has 1 aromatic rings.